The third-order valence-corrected chi connectivity index (χ3v) is 7.37. The Hall–Kier alpha value is -0.500. The Morgan fingerprint density at radius 1 is 1.26 bits per heavy atom. The minimum atomic E-state index is 0.431. The molecule has 104 valence electrons. The zero-order valence-electron chi connectivity index (χ0n) is 12.4. The summed E-state index contributed by atoms with van der Waals surface area (Å²) in [4.78, 5) is 0. The van der Waals surface area contributed by atoms with Gasteiger partial charge in [0.05, 0.1) is 0 Å². The second kappa shape index (κ2) is 4.25. The van der Waals surface area contributed by atoms with Gasteiger partial charge in [-0.05, 0) is 70.5 Å². The lowest BCUT2D eigenvalue weighted by Crippen LogP contribution is -2.40. The second-order valence-corrected chi connectivity index (χ2v) is 8.04. The molecule has 2 aliphatic rings. The number of anilines is 1. The highest BCUT2D eigenvalue weighted by molar-refractivity contribution is 9.10. The number of benzene rings is 1. The van der Waals surface area contributed by atoms with E-state index in [1.54, 1.807) is 0 Å². The zero-order chi connectivity index (χ0) is 13.8. The van der Waals surface area contributed by atoms with Crippen LogP contribution in [0.4, 0.5) is 5.69 Å². The molecule has 2 bridgehead atoms. The average molecular weight is 322 g/mol. The van der Waals surface area contributed by atoms with Crippen molar-refractivity contribution in [3.05, 3.63) is 28.2 Å². The minimum absolute atomic E-state index is 0.431. The van der Waals surface area contributed by atoms with Crippen LogP contribution in [0, 0.1) is 23.7 Å². The molecule has 1 N–H and O–H groups in total. The predicted octanol–water partition coefficient (Wildman–Crippen LogP) is 5.38. The van der Waals surface area contributed by atoms with Crippen molar-refractivity contribution in [2.45, 2.75) is 53.0 Å². The van der Waals surface area contributed by atoms with Crippen LogP contribution in [0.2, 0.25) is 0 Å². The van der Waals surface area contributed by atoms with Crippen LogP contribution in [0.5, 0.6) is 0 Å². The molecule has 19 heavy (non-hydrogen) atoms. The van der Waals surface area contributed by atoms with Crippen LogP contribution in [0.1, 0.15) is 45.6 Å². The highest BCUT2D eigenvalue weighted by Gasteiger charge is 2.61. The number of aryl methyl sites for hydroxylation is 1. The molecule has 3 unspecified atom stereocenters. The summed E-state index contributed by atoms with van der Waals surface area (Å²) in [6, 6.07) is 7.10. The van der Waals surface area contributed by atoms with E-state index in [0.29, 0.717) is 16.9 Å². The molecular weight excluding hydrogens is 298 g/mol. The third kappa shape index (κ3) is 1.79. The van der Waals surface area contributed by atoms with Gasteiger partial charge in [-0.1, -0.05) is 32.9 Å². The Kier molecular flexibility index (Phi) is 3.01. The number of rotatable bonds is 2. The summed E-state index contributed by atoms with van der Waals surface area (Å²) < 4.78 is 1.22. The smallest absolute Gasteiger partial charge is 0.0489 e. The van der Waals surface area contributed by atoms with Gasteiger partial charge in [0.1, 0.15) is 0 Å². The Morgan fingerprint density at radius 3 is 2.58 bits per heavy atom. The van der Waals surface area contributed by atoms with Crippen LogP contribution < -0.4 is 5.32 Å². The second-order valence-electron chi connectivity index (χ2n) is 7.24. The fraction of sp³-hybridized carbons (Fsp3) is 0.647. The first kappa shape index (κ1) is 13.5. The van der Waals surface area contributed by atoms with Crippen molar-refractivity contribution in [2.24, 2.45) is 16.7 Å². The van der Waals surface area contributed by atoms with Crippen LogP contribution in [0.25, 0.3) is 0 Å². The van der Waals surface area contributed by atoms with Crippen molar-refractivity contribution in [3.8, 4) is 0 Å². The van der Waals surface area contributed by atoms with Crippen molar-refractivity contribution < 1.29 is 0 Å². The van der Waals surface area contributed by atoms with Gasteiger partial charge in [-0.25, -0.2) is 0 Å². The van der Waals surface area contributed by atoms with Gasteiger partial charge in [0.15, 0.2) is 0 Å². The van der Waals surface area contributed by atoms with Crippen molar-refractivity contribution in [3.63, 3.8) is 0 Å². The van der Waals surface area contributed by atoms with Crippen molar-refractivity contribution in [1.82, 2.24) is 0 Å². The molecule has 0 amide bonds. The Morgan fingerprint density at radius 2 is 2.00 bits per heavy atom. The average Bonchev–Trinajstić information content (AvgIpc) is 2.68. The lowest BCUT2D eigenvalue weighted by Gasteiger charge is -2.40. The minimum Gasteiger partial charge on any atom is -0.381 e. The van der Waals surface area contributed by atoms with Gasteiger partial charge in [-0.2, -0.15) is 0 Å². The molecule has 0 radical (unpaired) electrons. The highest BCUT2D eigenvalue weighted by Crippen LogP contribution is 2.66. The maximum atomic E-state index is 3.83. The third-order valence-electron chi connectivity index (χ3n) is 6.32. The topological polar surface area (TPSA) is 12.0 Å². The van der Waals surface area contributed by atoms with E-state index in [0.717, 1.165) is 5.92 Å². The molecule has 3 rings (SSSR count). The first-order chi connectivity index (χ1) is 8.86. The number of halogens is 1. The summed E-state index contributed by atoms with van der Waals surface area (Å²) in [5, 5.41) is 3.83. The molecule has 2 aliphatic carbocycles. The zero-order valence-corrected chi connectivity index (χ0v) is 14.0. The van der Waals surface area contributed by atoms with Gasteiger partial charge in [0, 0.05) is 16.2 Å². The van der Waals surface area contributed by atoms with E-state index in [4.69, 9.17) is 0 Å². The summed E-state index contributed by atoms with van der Waals surface area (Å²) in [5.74, 6) is 0.888. The number of nitrogens with one attached hydrogen (secondary N) is 1. The van der Waals surface area contributed by atoms with Crippen LogP contribution in [-0.2, 0) is 0 Å². The van der Waals surface area contributed by atoms with Gasteiger partial charge < -0.3 is 5.32 Å². The first-order valence-corrected chi connectivity index (χ1v) is 8.17. The fourth-order valence-corrected chi connectivity index (χ4v) is 4.75. The quantitative estimate of drug-likeness (QED) is 0.770. The molecule has 1 aromatic carbocycles. The Balaban J connectivity index is 1.88. The van der Waals surface area contributed by atoms with Crippen LogP contribution in [0.3, 0.4) is 0 Å². The van der Waals surface area contributed by atoms with Crippen molar-refractivity contribution in [2.75, 3.05) is 5.32 Å². The summed E-state index contributed by atoms with van der Waals surface area (Å²) in [6.07, 6.45) is 4.10. The molecule has 2 saturated carbocycles. The highest BCUT2D eigenvalue weighted by atomic mass is 79.9. The molecule has 2 fully saturated rings. The molecular formula is C17H24BrN. The van der Waals surface area contributed by atoms with E-state index in [1.165, 1.54) is 35.0 Å². The van der Waals surface area contributed by atoms with E-state index in [2.05, 4.69) is 67.1 Å². The molecule has 0 aliphatic heterocycles. The summed E-state index contributed by atoms with van der Waals surface area (Å²) in [5.41, 5.74) is 3.47. The van der Waals surface area contributed by atoms with Gasteiger partial charge in [-0.3, -0.25) is 0 Å². The van der Waals surface area contributed by atoms with E-state index in [9.17, 15) is 0 Å². The number of hydrogen-bond acceptors (Lipinski definition) is 1. The van der Waals surface area contributed by atoms with Gasteiger partial charge in [-0.15, -0.1) is 0 Å². The Labute approximate surface area is 125 Å². The fourth-order valence-electron chi connectivity index (χ4n) is 4.37. The van der Waals surface area contributed by atoms with E-state index in [1.807, 2.05) is 0 Å². The largest absolute Gasteiger partial charge is 0.381 e. The maximum absolute atomic E-state index is 3.83. The molecule has 0 spiro atoms. The van der Waals surface area contributed by atoms with Crippen LogP contribution in [-0.4, -0.2) is 6.04 Å². The first-order valence-electron chi connectivity index (χ1n) is 7.38. The molecule has 0 aromatic heterocycles. The monoisotopic (exact) mass is 321 g/mol. The molecule has 1 nitrogen and oxygen atoms in total. The summed E-state index contributed by atoms with van der Waals surface area (Å²) >= 11 is 3.72. The van der Waals surface area contributed by atoms with E-state index in [-0.39, 0.29) is 0 Å². The predicted molar refractivity (Wildman–Crippen MR) is 85.5 cm³/mol. The number of hydrogen-bond donors (Lipinski definition) is 1. The summed E-state index contributed by atoms with van der Waals surface area (Å²) in [7, 11) is 0. The van der Waals surface area contributed by atoms with Gasteiger partial charge in [0.25, 0.3) is 0 Å². The van der Waals surface area contributed by atoms with Crippen LogP contribution >= 0.6 is 15.9 Å². The van der Waals surface area contributed by atoms with Gasteiger partial charge >= 0.3 is 0 Å². The van der Waals surface area contributed by atoms with Crippen LogP contribution in [0.15, 0.2) is 22.7 Å². The van der Waals surface area contributed by atoms with E-state index >= 15 is 0 Å². The summed E-state index contributed by atoms with van der Waals surface area (Å²) in [6.45, 7) is 9.58. The molecule has 3 atom stereocenters. The van der Waals surface area contributed by atoms with Gasteiger partial charge in [0.2, 0.25) is 0 Å². The Bertz CT molecular complexity index is 508. The maximum Gasteiger partial charge on any atom is 0.0489 e. The molecule has 0 heterocycles. The normalized spacial score (nSPS) is 35.6. The molecule has 0 saturated heterocycles. The van der Waals surface area contributed by atoms with Crippen molar-refractivity contribution >= 4 is 21.6 Å². The standard InChI is InChI=1S/C17H24BrN/c1-11-6-5-7-13(15(11)18)19-14-10-12-8-9-17(14,4)16(12,2)3/h5-7,12,14,19H,8-10H2,1-4H3. The van der Waals surface area contributed by atoms with E-state index < -0.39 is 0 Å². The lowest BCUT2D eigenvalue weighted by atomic mass is 9.69. The molecule has 2 heteroatoms. The van der Waals surface area contributed by atoms with Crippen molar-refractivity contribution in [1.29, 1.82) is 0 Å². The lowest BCUT2D eigenvalue weighted by molar-refractivity contribution is 0.142. The SMILES string of the molecule is Cc1cccc(NC2CC3CCC2(C)C3(C)C)c1Br. The number of fused-ring (bicyclic) bond motifs is 2. The molecule has 1 aromatic rings.